The van der Waals surface area contributed by atoms with Crippen LogP contribution in [0.2, 0.25) is 0 Å². The van der Waals surface area contributed by atoms with E-state index in [-0.39, 0.29) is 0 Å². The average Bonchev–Trinajstić information content (AvgIpc) is 2.59. The van der Waals surface area contributed by atoms with Crippen molar-refractivity contribution in [1.82, 2.24) is 10.2 Å². The van der Waals surface area contributed by atoms with Gasteiger partial charge in [-0.1, -0.05) is 0 Å². The summed E-state index contributed by atoms with van der Waals surface area (Å²) in [5, 5.41) is 15.2. The molecule has 82 valence electrons. The van der Waals surface area contributed by atoms with Crippen molar-refractivity contribution < 1.29 is 0 Å². The maximum atomic E-state index is 5.58. The fourth-order valence-corrected chi connectivity index (χ4v) is 1.34. The van der Waals surface area contributed by atoms with Gasteiger partial charge in [-0.3, -0.25) is 5.10 Å². The molecule has 0 bridgehead atoms. The Morgan fingerprint density at radius 3 is 2.38 bits per heavy atom. The third-order valence-electron chi connectivity index (χ3n) is 2.25. The van der Waals surface area contributed by atoms with Crippen LogP contribution in [0.1, 0.15) is 11.4 Å². The van der Waals surface area contributed by atoms with Crippen LogP contribution in [-0.2, 0) is 0 Å². The van der Waals surface area contributed by atoms with Crippen LogP contribution in [0.15, 0.2) is 34.5 Å². The second-order valence-electron chi connectivity index (χ2n) is 3.57. The second kappa shape index (κ2) is 4.14. The molecular formula is C11H13N5. The Bertz CT molecular complexity index is 490. The van der Waals surface area contributed by atoms with Gasteiger partial charge in [0.1, 0.15) is 5.69 Å². The molecule has 1 aromatic heterocycles. The number of aryl methyl sites for hydroxylation is 2. The minimum Gasteiger partial charge on any atom is -0.399 e. The summed E-state index contributed by atoms with van der Waals surface area (Å²) in [6.07, 6.45) is 0. The molecule has 0 aliphatic heterocycles. The van der Waals surface area contributed by atoms with Crippen molar-refractivity contribution in [2.75, 3.05) is 5.73 Å². The highest BCUT2D eigenvalue weighted by atomic mass is 15.2. The van der Waals surface area contributed by atoms with Crippen LogP contribution in [0, 0.1) is 13.8 Å². The van der Waals surface area contributed by atoms with Crippen LogP contribution < -0.4 is 5.73 Å². The van der Waals surface area contributed by atoms with E-state index in [4.69, 9.17) is 5.73 Å². The minimum atomic E-state index is 0.717. The maximum Gasteiger partial charge on any atom is 0.129 e. The number of nitrogens with two attached hydrogens (primary N) is 1. The van der Waals surface area contributed by atoms with Crippen LogP contribution in [0.5, 0.6) is 0 Å². The Labute approximate surface area is 93.4 Å². The number of rotatable bonds is 2. The Kier molecular flexibility index (Phi) is 2.68. The predicted octanol–water partition coefficient (Wildman–Crippen LogP) is 3.02. The summed E-state index contributed by atoms with van der Waals surface area (Å²) in [7, 11) is 0. The summed E-state index contributed by atoms with van der Waals surface area (Å²) in [4.78, 5) is 0. The average molecular weight is 215 g/mol. The summed E-state index contributed by atoms with van der Waals surface area (Å²) in [6.45, 7) is 3.80. The molecule has 3 N–H and O–H groups in total. The third kappa shape index (κ3) is 2.08. The topological polar surface area (TPSA) is 79.4 Å². The Hall–Kier alpha value is -2.17. The van der Waals surface area contributed by atoms with Crippen LogP contribution >= 0.6 is 0 Å². The van der Waals surface area contributed by atoms with E-state index in [1.54, 1.807) is 12.1 Å². The number of nitrogen functional groups attached to an aromatic ring is 1. The molecule has 0 unspecified atom stereocenters. The van der Waals surface area contributed by atoms with E-state index in [2.05, 4.69) is 20.4 Å². The first-order chi connectivity index (χ1) is 7.66. The van der Waals surface area contributed by atoms with Crippen molar-refractivity contribution in [3.8, 4) is 0 Å². The van der Waals surface area contributed by atoms with E-state index in [1.165, 1.54) is 0 Å². The smallest absolute Gasteiger partial charge is 0.129 e. The number of hydrogen-bond donors (Lipinski definition) is 2. The highest BCUT2D eigenvalue weighted by Gasteiger charge is 2.03. The van der Waals surface area contributed by atoms with E-state index in [0.29, 0.717) is 0 Å². The SMILES string of the molecule is Cc1n[nH]c(C)c1N=Nc1ccc(N)cc1. The number of azo groups is 1. The lowest BCUT2D eigenvalue weighted by Crippen LogP contribution is -1.80. The number of nitrogens with zero attached hydrogens (tertiary/aromatic N) is 3. The lowest BCUT2D eigenvalue weighted by Gasteiger charge is -1.94. The molecule has 0 aliphatic carbocycles. The Morgan fingerprint density at radius 2 is 1.81 bits per heavy atom. The van der Waals surface area contributed by atoms with Gasteiger partial charge in [0.2, 0.25) is 0 Å². The van der Waals surface area contributed by atoms with Gasteiger partial charge in [-0.05, 0) is 38.1 Å². The van der Waals surface area contributed by atoms with Crippen molar-refractivity contribution in [3.63, 3.8) is 0 Å². The van der Waals surface area contributed by atoms with Crippen molar-refractivity contribution in [2.24, 2.45) is 10.2 Å². The van der Waals surface area contributed by atoms with Gasteiger partial charge in [0.15, 0.2) is 0 Å². The molecule has 5 heteroatoms. The minimum absolute atomic E-state index is 0.717. The Morgan fingerprint density at radius 1 is 1.12 bits per heavy atom. The van der Waals surface area contributed by atoms with Gasteiger partial charge in [-0.2, -0.15) is 10.2 Å². The van der Waals surface area contributed by atoms with E-state index in [9.17, 15) is 0 Å². The molecule has 2 rings (SSSR count). The van der Waals surface area contributed by atoms with E-state index in [1.807, 2.05) is 26.0 Å². The molecule has 0 saturated carbocycles. The van der Waals surface area contributed by atoms with Crippen LogP contribution in [0.4, 0.5) is 17.1 Å². The lowest BCUT2D eigenvalue weighted by atomic mass is 10.3. The zero-order chi connectivity index (χ0) is 11.5. The molecule has 1 aromatic carbocycles. The molecule has 0 radical (unpaired) electrons. The molecule has 0 fully saturated rings. The number of aromatic nitrogens is 2. The molecule has 0 amide bonds. The molecule has 0 aliphatic rings. The van der Waals surface area contributed by atoms with Crippen molar-refractivity contribution in [3.05, 3.63) is 35.7 Å². The summed E-state index contributed by atoms with van der Waals surface area (Å²) in [6, 6.07) is 7.24. The fraction of sp³-hybridized carbons (Fsp3) is 0.182. The maximum absolute atomic E-state index is 5.58. The number of aromatic amines is 1. The molecule has 0 spiro atoms. The van der Waals surface area contributed by atoms with Gasteiger partial charge in [0, 0.05) is 5.69 Å². The first-order valence-corrected chi connectivity index (χ1v) is 4.95. The number of anilines is 1. The number of H-pyrrole nitrogens is 1. The number of hydrogen-bond acceptors (Lipinski definition) is 4. The van der Waals surface area contributed by atoms with Gasteiger partial charge in [0.25, 0.3) is 0 Å². The van der Waals surface area contributed by atoms with Crippen LogP contribution in [0.3, 0.4) is 0 Å². The molecule has 0 saturated heterocycles. The van der Waals surface area contributed by atoms with Crippen molar-refractivity contribution in [2.45, 2.75) is 13.8 Å². The van der Waals surface area contributed by atoms with Crippen molar-refractivity contribution >= 4 is 17.1 Å². The standard InChI is InChI=1S/C11H13N5/c1-7-11(8(2)14-13-7)16-15-10-5-3-9(12)4-6-10/h3-6H,12H2,1-2H3,(H,13,14). The quantitative estimate of drug-likeness (QED) is 0.596. The van der Waals surface area contributed by atoms with Gasteiger partial charge >= 0.3 is 0 Å². The fourth-order valence-electron chi connectivity index (χ4n) is 1.34. The summed E-state index contributed by atoms with van der Waals surface area (Å²) >= 11 is 0. The number of benzene rings is 1. The summed E-state index contributed by atoms with van der Waals surface area (Å²) < 4.78 is 0. The largest absolute Gasteiger partial charge is 0.399 e. The molecule has 1 heterocycles. The van der Waals surface area contributed by atoms with Crippen LogP contribution in [-0.4, -0.2) is 10.2 Å². The lowest BCUT2D eigenvalue weighted by molar-refractivity contribution is 1.02. The first-order valence-electron chi connectivity index (χ1n) is 4.95. The van der Waals surface area contributed by atoms with Crippen molar-refractivity contribution in [1.29, 1.82) is 0 Å². The third-order valence-corrected chi connectivity index (χ3v) is 2.25. The molecule has 2 aromatic rings. The molecule has 16 heavy (non-hydrogen) atoms. The van der Waals surface area contributed by atoms with E-state index < -0.39 is 0 Å². The molecule has 5 nitrogen and oxygen atoms in total. The zero-order valence-corrected chi connectivity index (χ0v) is 9.23. The molecule has 0 atom stereocenters. The first kappa shape index (κ1) is 10.4. The Balaban J connectivity index is 2.24. The normalized spacial score (nSPS) is 11.1. The highest BCUT2D eigenvalue weighted by molar-refractivity contribution is 5.49. The molecular weight excluding hydrogens is 202 g/mol. The predicted molar refractivity (Wildman–Crippen MR) is 63.1 cm³/mol. The van der Waals surface area contributed by atoms with Crippen LogP contribution in [0.25, 0.3) is 0 Å². The van der Waals surface area contributed by atoms with Gasteiger partial charge in [-0.15, -0.1) is 5.11 Å². The van der Waals surface area contributed by atoms with E-state index in [0.717, 1.165) is 28.5 Å². The van der Waals surface area contributed by atoms with Gasteiger partial charge < -0.3 is 5.73 Å². The summed E-state index contributed by atoms with van der Waals surface area (Å²) in [5.41, 5.74) is 9.61. The van der Waals surface area contributed by atoms with E-state index >= 15 is 0 Å². The highest BCUT2D eigenvalue weighted by Crippen LogP contribution is 2.23. The number of nitrogens with one attached hydrogen (secondary N) is 1. The van der Waals surface area contributed by atoms with Gasteiger partial charge in [0.05, 0.1) is 17.1 Å². The second-order valence-corrected chi connectivity index (χ2v) is 3.57. The zero-order valence-electron chi connectivity index (χ0n) is 9.23. The summed E-state index contributed by atoms with van der Waals surface area (Å²) in [5.74, 6) is 0. The monoisotopic (exact) mass is 215 g/mol. The van der Waals surface area contributed by atoms with Gasteiger partial charge in [-0.25, -0.2) is 0 Å².